The Bertz CT molecular complexity index is 1450. The van der Waals surface area contributed by atoms with Gasteiger partial charge in [-0.25, -0.2) is 0 Å². The largest absolute Gasteiger partial charge is 0.497 e. The third-order valence-corrected chi connectivity index (χ3v) is 6.24. The molecule has 0 aliphatic rings. The number of allylic oxidation sites excluding steroid dienone is 1. The SMILES string of the molecule is C=CCc1ccc(OC(=O)Cc2c(C)n(C(=O)c3ccc(Cl)cc3)c3ccc(OC)cc23)c(OC)c1. The van der Waals surface area contributed by atoms with E-state index in [9.17, 15) is 9.59 Å². The highest BCUT2D eigenvalue weighted by Crippen LogP contribution is 2.32. The fourth-order valence-corrected chi connectivity index (χ4v) is 4.31. The molecule has 184 valence electrons. The lowest BCUT2D eigenvalue weighted by Crippen LogP contribution is -2.15. The van der Waals surface area contributed by atoms with Crippen molar-refractivity contribution in [1.29, 1.82) is 0 Å². The summed E-state index contributed by atoms with van der Waals surface area (Å²) in [5.74, 6) is 0.702. The minimum absolute atomic E-state index is 0.0477. The van der Waals surface area contributed by atoms with E-state index in [-0.39, 0.29) is 12.3 Å². The summed E-state index contributed by atoms with van der Waals surface area (Å²) in [6.45, 7) is 5.56. The van der Waals surface area contributed by atoms with Crippen LogP contribution in [0.2, 0.25) is 5.02 Å². The van der Waals surface area contributed by atoms with Gasteiger partial charge in [-0.05, 0) is 79.1 Å². The van der Waals surface area contributed by atoms with Gasteiger partial charge in [-0.1, -0.05) is 23.7 Å². The van der Waals surface area contributed by atoms with Crippen LogP contribution in [0.3, 0.4) is 0 Å². The molecule has 4 rings (SSSR count). The number of fused-ring (bicyclic) bond motifs is 1. The Morgan fingerprint density at radius 1 is 0.972 bits per heavy atom. The summed E-state index contributed by atoms with van der Waals surface area (Å²) >= 11 is 6.00. The van der Waals surface area contributed by atoms with E-state index < -0.39 is 5.97 Å². The van der Waals surface area contributed by atoms with Gasteiger partial charge in [0.25, 0.3) is 5.91 Å². The maximum absolute atomic E-state index is 13.5. The number of nitrogens with zero attached hydrogens (tertiary/aromatic N) is 1. The van der Waals surface area contributed by atoms with Gasteiger partial charge in [0.2, 0.25) is 0 Å². The molecule has 0 amide bonds. The normalized spacial score (nSPS) is 10.8. The lowest BCUT2D eigenvalue weighted by Gasteiger charge is -2.11. The van der Waals surface area contributed by atoms with Gasteiger partial charge in [-0.3, -0.25) is 14.2 Å². The number of hydrogen-bond donors (Lipinski definition) is 0. The molecule has 0 saturated carbocycles. The molecule has 6 nitrogen and oxygen atoms in total. The van der Waals surface area contributed by atoms with Gasteiger partial charge in [0, 0.05) is 21.7 Å². The van der Waals surface area contributed by atoms with Crippen molar-refractivity contribution in [2.45, 2.75) is 19.8 Å². The van der Waals surface area contributed by atoms with Crippen LogP contribution in [0.1, 0.15) is 27.2 Å². The van der Waals surface area contributed by atoms with Crippen molar-refractivity contribution in [2.75, 3.05) is 14.2 Å². The molecule has 3 aromatic carbocycles. The Kier molecular flexibility index (Phi) is 7.46. The highest BCUT2D eigenvalue weighted by Gasteiger charge is 2.23. The zero-order valence-corrected chi connectivity index (χ0v) is 21.1. The van der Waals surface area contributed by atoms with Crippen LogP contribution in [0.5, 0.6) is 17.2 Å². The van der Waals surface area contributed by atoms with Gasteiger partial charge in [0.05, 0.1) is 26.2 Å². The summed E-state index contributed by atoms with van der Waals surface area (Å²) in [7, 11) is 3.09. The van der Waals surface area contributed by atoms with E-state index in [4.69, 9.17) is 25.8 Å². The second-order valence-corrected chi connectivity index (χ2v) is 8.66. The van der Waals surface area contributed by atoms with Crippen molar-refractivity contribution in [1.82, 2.24) is 4.57 Å². The van der Waals surface area contributed by atoms with Gasteiger partial charge < -0.3 is 14.2 Å². The minimum atomic E-state index is -0.478. The summed E-state index contributed by atoms with van der Waals surface area (Å²) in [6.07, 6.45) is 2.42. The average Bonchev–Trinajstić information content (AvgIpc) is 3.15. The molecule has 0 fully saturated rings. The van der Waals surface area contributed by atoms with Crippen molar-refractivity contribution < 1.29 is 23.8 Å². The number of esters is 1. The number of carbonyl (C=O) groups excluding carboxylic acids is 2. The lowest BCUT2D eigenvalue weighted by atomic mass is 10.1. The molecular formula is C29H26ClNO5. The molecule has 0 atom stereocenters. The first-order chi connectivity index (χ1) is 17.4. The quantitative estimate of drug-likeness (QED) is 0.163. The van der Waals surface area contributed by atoms with Gasteiger partial charge >= 0.3 is 5.97 Å². The fraction of sp³-hybridized carbons (Fsp3) is 0.172. The molecule has 0 spiro atoms. The molecule has 0 bridgehead atoms. The Labute approximate surface area is 214 Å². The zero-order chi connectivity index (χ0) is 25.8. The molecule has 0 aliphatic carbocycles. The second kappa shape index (κ2) is 10.7. The Morgan fingerprint density at radius 2 is 1.72 bits per heavy atom. The van der Waals surface area contributed by atoms with Crippen molar-refractivity contribution in [3.8, 4) is 17.2 Å². The number of halogens is 1. The van der Waals surface area contributed by atoms with Gasteiger partial charge in [-0.2, -0.15) is 0 Å². The summed E-state index contributed by atoms with van der Waals surface area (Å²) in [4.78, 5) is 26.5. The smallest absolute Gasteiger partial charge is 0.315 e. The van der Waals surface area contributed by atoms with E-state index in [2.05, 4.69) is 6.58 Å². The highest BCUT2D eigenvalue weighted by molar-refractivity contribution is 6.30. The van der Waals surface area contributed by atoms with Crippen LogP contribution < -0.4 is 14.2 Å². The lowest BCUT2D eigenvalue weighted by molar-refractivity contribution is -0.133. The first kappa shape index (κ1) is 25.1. The predicted molar refractivity (Wildman–Crippen MR) is 141 cm³/mol. The minimum Gasteiger partial charge on any atom is -0.497 e. The average molecular weight is 504 g/mol. The van der Waals surface area contributed by atoms with Gasteiger partial charge in [0.1, 0.15) is 5.75 Å². The van der Waals surface area contributed by atoms with E-state index in [1.165, 1.54) is 7.11 Å². The van der Waals surface area contributed by atoms with Crippen LogP contribution in [-0.4, -0.2) is 30.7 Å². The number of aromatic nitrogens is 1. The molecule has 7 heteroatoms. The Balaban J connectivity index is 1.71. The third-order valence-electron chi connectivity index (χ3n) is 5.99. The molecule has 0 radical (unpaired) electrons. The molecule has 4 aromatic rings. The number of ether oxygens (including phenoxy) is 3. The van der Waals surface area contributed by atoms with Crippen molar-refractivity contribution in [3.05, 3.63) is 101 Å². The van der Waals surface area contributed by atoms with Crippen LogP contribution in [0, 0.1) is 6.92 Å². The summed E-state index contributed by atoms with van der Waals surface area (Å²) in [5.41, 5.74) is 3.46. The number of carbonyl (C=O) groups is 2. The monoisotopic (exact) mass is 503 g/mol. The standard InChI is InChI=1S/C29H26ClNO5/c1-5-6-19-7-14-26(27(15-19)35-4)36-28(32)17-23-18(2)31(25-13-12-22(34-3)16-24(23)25)29(33)20-8-10-21(30)11-9-20/h5,7-16H,1,6,17H2,2-4H3. The van der Waals surface area contributed by atoms with Gasteiger partial charge in [-0.15, -0.1) is 6.58 Å². The maximum atomic E-state index is 13.5. The molecule has 1 heterocycles. The van der Waals surface area contributed by atoms with Crippen molar-refractivity contribution >= 4 is 34.4 Å². The van der Waals surface area contributed by atoms with E-state index >= 15 is 0 Å². The van der Waals surface area contributed by atoms with Crippen LogP contribution in [0.4, 0.5) is 0 Å². The van der Waals surface area contributed by atoms with Crippen LogP contribution in [-0.2, 0) is 17.6 Å². The second-order valence-electron chi connectivity index (χ2n) is 8.22. The molecule has 0 N–H and O–H groups in total. The van der Waals surface area contributed by atoms with E-state index in [0.29, 0.717) is 51.0 Å². The number of methoxy groups -OCH3 is 2. The van der Waals surface area contributed by atoms with E-state index in [1.54, 1.807) is 54.2 Å². The molecule has 1 aromatic heterocycles. The Morgan fingerprint density at radius 3 is 2.39 bits per heavy atom. The zero-order valence-electron chi connectivity index (χ0n) is 20.3. The molecule has 0 saturated heterocycles. The topological polar surface area (TPSA) is 66.8 Å². The van der Waals surface area contributed by atoms with Crippen LogP contribution >= 0.6 is 11.6 Å². The predicted octanol–water partition coefficient (Wildman–Crippen LogP) is 6.19. The van der Waals surface area contributed by atoms with Crippen molar-refractivity contribution in [2.24, 2.45) is 0 Å². The molecule has 0 unspecified atom stereocenters. The summed E-state index contributed by atoms with van der Waals surface area (Å²) in [5, 5.41) is 1.28. The number of rotatable bonds is 8. The van der Waals surface area contributed by atoms with Crippen LogP contribution in [0.15, 0.2) is 73.3 Å². The summed E-state index contributed by atoms with van der Waals surface area (Å²) in [6, 6.07) is 17.5. The highest BCUT2D eigenvalue weighted by atomic mass is 35.5. The number of hydrogen-bond acceptors (Lipinski definition) is 5. The maximum Gasteiger partial charge on any atom is 0.315 e. The van der Waals surface area contributed by atoms with Gasteiger partial charge in [0.15, 0.2) is 11.5 Å². The fourth-order valence-electron chi connectivity index (χ4n) is 4.19. The number of benzene rings is 3. The molecular weight excluding hydrogens is 478 g/mol. The van der Waals surface area contributed by atoms with Crippen LogP contribution in [0.25, 0.3) is 10.9 Å². The third kappa shape index (κ3) is 4.99. The first-order valence-corrected chi connectivity index (χ1v) is 11.7. The van der Waals surface area contributed by atoms with Crippen molar-refractivity contribution in [3.63, 3.8) is 0 Å². The van der Waals surface area contributed by atoms with E-state index in [1.807, 2.05) is 31.2 Å². The molecule has 36 heavy (non-hydrogen) atoms. The molecule has 0 aliphatic heterocycles. The first-order valence-electron chi connectivity index (χ1n) is 11.3. The van der Waals surface area contributed by atoms with E-state index in [0.717, 1.165) is 10.9 Å². The Hall–Kier alpha value is -4.03. The summed E-state index contributed by atoms with van der Waals surface area (Å²) < 4.78 is 18.1.